The molecular formula is C19H15F3N2O3. The molecule has 0 fully saturated rings. The highest BCUT2D eigenvalue weighted by molar-refractivity contribution is 6.04. The number of halogens is 3. The zero-order chi connectivity index (χ0) is 19.4. The molecule has 0 saturated carbocycles. The van der Waals surface area contributed by atoms with Gasteiger partial charge in [0, 0.05) is 11.6 Å². The molecular weight excluding hydrogens is 361 g/mol. The lowest BCUT2D eigenvalue weighted by atomic mass is 10.1. The van der Waals surface area contributed by atoms with Crippen LogP contribution in [0.25, 0.3) is 11.3 Å². The van der Waals surface area contributed by atoms with E-state index >= 15 is 0 Å². The summed E-state index contributed by atoms with van der Waals surface area (Å²) in [6, 6.07) is 13.3. The minimum absolute atomic E-state index is 0.0614. The maximum absolute atomic E-state index is 13.0. The lowest BCUT2D eigenvalue weighted by molar-refractivity contribution is -0.137. The van der Waals surface area contributed by atoms with Crippen LogP contribution in [0.4, 0.5) is 18.9 Å². The Morgan fingerprint density at radius 3 is 2.56 bits per heavy atom. The van der Waals surface area contributed by atoms with Crippen molar-refractivity contribution in [2.45, 2.75) is 13.1 Å². The van der Waals surface area contributed by atoms with Gasteiger partial charge in [-0.25, -0.2) is 0 Å². The summed E-state index contributed by atoms with van der Waals surface area (Å²) < 4.78 is 49.3. The Bertz CT molecular complexity index is 937. The number of hydrogen-bond acceptors (Lipinski definition) is 4. The predicted molar refractivity (Wildman–Crippen MR) is 92.5 cm³/mol. The molecule has 3 aromatic rings. The van der Waals surface area contributed by atoms with Crippen LogP contribution < -0.4 is 10.1 Å². The molecule has 2 aromatic carbocycles. The fraction of sp³-hybridized carbons (Fsp3) is 0.158. The number of nitrogens with one attached hydrogen (secondary N) is 1. The molecule has 1 heterocycles. The van der Waals surface area contributed by atoms with Gasteiger partial charge in [0.25, 0.3) is 5.91 Å². The van der Waals surface area contributed by atoms with Crippen molar-refractivity contribution in [1.29, 1.82) is 0 Å². The van der Waals surface area contributed by atoms with Crippen molar-refractivity contribution >= 4 is 11.6 Å². The standard InChI is InChI=1S/C19H15F3N2O3/c1-2-26-16-9-8-13(19(20,21)22)10-14(16)23-18(25)15-11-17(27-24-15)12-6-4-3-5-7-12/h3-11H,2H2,1H3,(H,23,25). The number of nitrogens with zero attached hydrogens (tertiary/aromatic N) is 1. The monoisotopic (exact) mass is 376 g/mol. The SMILES string of the molecule is CCOc1ccc(C(F)(F)F)cc1NC(=O)c1cc(-c2ccccc2)on1. The summed E-state index contributed by atoms with van der Waals surface area (Å²) in [6.07, 6.45) is -4.54. The molecule has 0 radical (unpaired) electrons. The molecule has 0 unspecified atom stereocenters. The summed E-state index contributed by atoms with van der Waals surface area (Å²) in [4.78, 5) is 12.4. The summed E-state index contributed by atoms with van der Waals surface area (Å²) in [5.41, 5.74) is -0.334. The molecule has 27 heavy (non-hydrogen) atoms. The predicted octanol–water partition coefficient (Wildman–Crippen LogP) is 5.01. The van der Waals surface area contributed by atoms with Gasteiger partial charge in [-0.1, -0.05) is 35.5 Å². The second kappa shape index (κ2) is 7.53. The van der Waals surface area contributed by atoms with E-state index in [0.717, 1.165) is 17.7 Å². The van der Waals surface area contributed by atoms with E-state index in [1.165, 1.54) is 12.1 Å². The Labute approximate surface area is 152 Å². The first-order valence-electron chi connectivity index (χ1n) is 8.06. The Hall–Kier alpha value is -3.29. The second-order valence-corrected chi connectivity index (χ2v) is 5.54. The topological polar surface area (TPSA) is 64.4 Å². The van der Waals surface area contributed by atoms with E-state index in [9.17, 15) is 18.0 Å². The Morgan fingerprint density at radius 2 is 1.89 bits per heavy atom. The van der Waals surface area contributed by atoms with Crippen LogP contribution in [0.3, 0.4) is 0 Å². The maximum atomic E-state index is 13.0. The maximum Gasteiger partial charge on any atom is 0.416 e. The van der Waals surface area contributed by atoms with E-state index in [0.29, 0.717) is 5.76 Å². The number of ether oxygens (including phenoxy) is 1. The molecule has 0 saturated heterocycles. The molecule has 1 N–H and O–H groups in total. The summed E-state index contributed by atoms with van der Waals surface area (Å²) in [5, 5.41) is 6.09. The number of anilines is 1. The quantitative estimate of drug-likeness (QED) is 0.680. The molecule has 0 bridgehead atoms. The molecule has 8 heteroatoms. The molecule has 0 atom stereocenters. The number of rotatable bonds is 5. The average molecular weight is 376 g/mol. The minimum Gasteiger partial charge on any atom is -0.492 e. The first-order chi connectivity index (χ1) is 12.9. The van der Waals surface area contributed by atoms with E-state index in [1.54, 1.807) is 31.2 Å². The van der Waals surface area contributed by atoms with Gasteiger partial charge in [0.1, 0.15) is 5.75 Å². The summed E-state index contributed by atoms with van der Waals surface area (Å²) in [7, 11) is 0. The molecule has 1 amide bonds. The molecule has 0 spiro atoms. The van der Waals surface area contributed by atoms with Gasteiger partial charge in [-0.15, -0.1) is 0 Å². The third-order valence-corrected chi connectivity index (χ3v) is 3.66. The van der Waals surface area contributed by atoms with E-state index in [1.807, 2.05) is 6.07 Å². The van der Waals surface area contributed by atoms with Gasteiger partial charge in [0.05, 0.1) is 17.9 Å². The molecule has 5 nitrogen and oxygen atoms in total. The van der Waals surface area contributed by atoms with Crippen LogP contribution in [0.2, 0.25) is 0 Å². The van der Waals surface area contributed by atoms with Gasteiger partial charge in [-0.3, -0.25) is 4.79 Å². The first-order valence-corrected chi connectivity index (χ1v) is 8.06. The number of alkyl halides is 3. The molecule has 3 rings (SSSR count). The van der Waals surface area contributed by atoms with Crippen molar-refractivity contribution in [3.05, 3.63) is 65.9 Å². The van der Waals surface area contributed by atoms with E-state index < -0.39 is 17.6 Å². The number of benzene rings is 2. The third kappa shape index (κ3) is 4.28. The molecule has 0 aliphatic carbocycles. The van der Waals surface area contributed by atoms with Crippen LogP contribution in [0.1, 0.15) is 23.0 Å². The van der Waals surface area contributed by atoms with Crippen molar-refractivity contribution < 1.29 is 27.2 Å². The number of carbonyl (C=O) groups is 1. The zero-order valence-corrected chi connectivity index (χ0v) is 14.2. The highest BCUT2D eigenvalue weighted by atomic mass is 19.4. The van der Waals surface area contributed by atoms with Crippen LogP contribution in [-0.4, -0.2) is 17.7 Å². The first kappa shape index (κ1) is 18.5. The largest absolute Gasteiger partial charge is 0.492 e. The van der Waals surface area contributed by atoms with Crippen molar-refractivity contribution in [2.24, 2.45) is 0 Å². The van der Waals surface area contributed by atoms with Crippen LogP contribution in [-0.2, 0) is 6.18 Å². The zero-order valence-electron chi connectivity index (χ0n) is 14.2. The molecule has 1 aromatic heterocycles. The van der Waals surface area contributed by atoms with Gasteiger partial charge in [0.15, 0.2) is 11.5 Å². The normalized spacial score (nSPS) is 11.3. The van der Waals surface area contributed by atoms with E-state index in [4.69, 9.17) is 9.26 Å². The van der Waals surface area contributed by atoms with Crippen molar-refractivity contribution in [2.75, 3.05) is 11.9 Å². The fourth-order valence-corrected chi connectivity index (χ4v) is 2.39. The lowest BCUT2D eigenvalue weighted by Gasteiger charge is -2.14. The van der Waals surface area contributed by atoms with Gasteiger partial charge >= 0.3 is 6.18 Å². The lowest BCUT2D eigenvalue weighted by Crippen LogP contribution is -2.14. The van der Waals surface area contributed by atoms with Gasteiger partial charge < -0.3 is 14.6 Å². The summed E-state index contributed by atoms with van der Waals surface area (Å²) >= 11 is 0. The third-order valence-electron chi connectivity index (χ3n) is 3.66. The van der Waals surface area contributed by atoms with E-state index in [2.05, 4.69) is 10.5 Å². The highest BCUT2D eigenvalue weighted by Gasteiger charge is 2.31. The second-order valence-electron chi connectivity index (χ2n) is 5.54. The van der Waals surface area contributed by atoms with Crippen molar-refractivity contribution in [3.63, 3.8) is 0 Å². The number of carbonyl (C=O) groups excluding carboxylic acids is 1. The Morgan fingerprint density at radius 1 is 1.15 bits per heavy atom. The number of amides is 1. The van der Waals surface area contributed by atoms with Crippen LogP contribution in [0, 0.1) is 0 Å². The summed E-state index contributed by atoms with van der Waals surface area (Å²) in [5.74, 6) is -0.207. The Kier molecular flexibility index (Phi) is 5.16. The Balaban J connectivity index is 1.86. The van der Waals surface area contributed by atoms with Gasteiger partial charge in [-0.2, -0.15) is 13.2 Å². The fourth-order valence-electron chi connectivity index (χ4n) is 2.39. The molecule has 0 aliphatic rings. The van der Waals surface area contributed by atoms with Crippen molar-refractivity contribution in [3.8, 4) is 17.1 Å². The van der Waals surface area contributed by atoms with Crippen LogP contribution >= 0.6 is 0 Å². The van der Waals surface area contributed by atoms with Gasteiger partial charge in [0.2, 0.25) is 0 Å². The van der Waals surface area contributed by atoms with Crippen LogP contribution in [0.15, 0.2) is 59.1 Å². The number of hydrogen-bond donors (Lipinski definition) is 1. The van der Waals surface area contributed by atoms with E-state index in [-0.39, 0.29) is 23.7 Å². The number of aromatic nitrogens is 1. The van der Waals surface area contributed by atoms with Gasteiger partial charge in [-0.05, 0) is 25.1 Å². The average Bonchev–Trinajstić information content (AvgIpc) is 3.13. The smallest absolute Gasteiger partial charge is 0.416 e. The molecule has 140 valence electrons. The van der Waals surface area contributed by atoms with Crippen LogP contribution in [0.5, 0.6) is 5.75 Å². The van der Waals surface area contributed by atoms with Crippen molar-refractivity contribution in [1.82, 2.24) is 5.16 Å². The molecule has 0 aliphatic heterocycles. The summed E-state index contributed by atoms with van der Waals surface area (Å²) in [6.45, 7) is 1.92. The highest BCUT2D eigenvalue weighted by Crippen LogP contribution is 2.35. The minimum atomic E-state index is -4.54.